The van der Waals surface area contributed by atoms with Gasteiger partial charge in [0, 0.05) is 5.92 Å². The van der Waals surface area contributed by atoms with E-state index in [-0.39, 0.29) is 23.0 Å². The van der Waals surface area contributed by atoms with Crippen LogP contribution in [0, 0.1) is 40.4 Å². The first kappa shape index (κ1) is 36.8. The van der Waals surface area contributed by atoms with Crippen molar-refractivity contribution in [2.45, 2.75) is 152 Å². The third-order valence-corrected chi connectivity index (χ3v) is 10.2. The molecule has 0 fully saturated rings. The Morgan fingerprint density at radius 3 is 2.10 bits per heavy atom. The van der Waals surface area contributed by atoms with Crippen molar-refractivity contribution in [2.75, 3.05) is 0 Å². The van der Waals surface area contributed by atoms with Crippen molar-refractivity contribution in [2.24, 2.45) is 40.4 Å². The maximum Gasteiger partial charge on any atom is 0.0729 e. The van der Waals surface area contributed by atoms with Gasteiger partial charge in [-0.15, -0.1) is 0 Å². The molecule has 0 heterocycles. The number of allylic oxidation sites excluding steroid dienone is 8. The smallest absolute Gasteiger partial charge is 0.0729 e. The maximum absolute atomic E-state index is 10.1. The summed E-state index contributed by atoms with van der Waals surface area (Å²) in [4.78, 5) is 0. The minimum atomic E-state index is -0.295. The number of hydrogen-bond acceptors (Lipinski definition) is 2. The highest BCUT2D eigenvalue weighted by atomic mass is 16.3. The lowest BCUT2D eigenvalue weighted by atomic mass is 9.67. The van der Waals surface area contributed by atoms with Gasteiger partial charge in [0.2, 0.25) is 0 Å². The van der Waals surface area contributed by atoms with Gasteiger partial charge in [-0.05, 0) is 92.4 Å². The van der Waals surface area contributed by atoms with Gasteiger partial charge in [0.05, 0.1) is 12.2 Å². The number of unbranched alkanes of at least 4 members (excludes halogenated alkanes) is 1. The molecule has 0 spiro atoms. The Kier molecular flexibility index (Phi) is 15.1. The molecule has 7 atom stereocenters. The molecule has 2 heteroatoms. The van der Waals surface area contributed by atoms with Gasteiger partial charge < -0.3 is 10.2 Å². The Bertz CT molecular complexity index is 958. The molecular weight excluding hydrogens is 512 g/mol. The van der Waals surface area contributed by atoms with E-state index in [1.54, 1.807) is 0 Å². The number of aliphatic hydroxyl groups excluding tert-OH is 2. The van der Waals surface area contributed by atoms with E-state index in [1.165, 1.54) is 61.7 Å². The van der Waals surface area contributed by atoms with Gasteiger partial charge >= 0.3 is 0 Å². The van der Waals surface area contributed by atoms with Crippen LogP contribution >= 0.6 is 0 Å². The largest absolute Gasteiger partial charge is 0.393 e. The zero-order chi connectivity index (χ0) is 31.5. The molecule has 2 aliphatic carbocycles. The second-order valence-corrected chi connectivity index (χ2v) is 15.9. The Morgan fingerprint density at radius 2 is 1.43 bits per heavy atom. The molecule has 4 unspecified atom stereocenters. The standard InChI is InChI=1S/C40H68O2/c1-29(17-13-19-31(3)21-23-37-33(5)25-35(41)27-39(37,7)8)15-11-12-16-30(2)18-14-20-32(4)22-24-38-34(6)26-36(42)28-40(38,9)10/h13,17,21-25,29-32,35-37,41-42H,11-12,14-16,18-20,26-28H2,1-10H3/b17-13+,23-21+,24-22+/t29?,30?,31?,32?,35-,36-,37-/m0/s1. The van der Waals surface area contributed by atoms with Crippen LogP contribution in [-0.4, -0.2) is 22.4 Å². The van der Waals surface area contributed by atoms with Gasteiger partial charge in [0.1, 0.15) is 0 Å². The molecule has 0 aliphatic heterocycles. The highest BCUT2D eigenvalue weighted by molar-refractivity contribution is 5.33. The third-order valence-electron chi connectivity index (χ3n) is 10.2. The minimum absolute atomic E-state index is 0.0747. The molecule has 240 valence electrons. The van der Waals surface area contributed by atoms with E-state index in [9.17, 15) is 10.2 Å². The summed E-state index contributed by atoms with van der Waals surface area (Å²) in [6, 6.07) is 0. The summed E-state index contributed by atoms with van der Waals surface area (Å²) >= 11 is 0. The summed E-state index contributed by atoms with van der Waals surface area (Å²) in [7, 11) is 0. The lowest BCUT2D eigenvalue weighted by molar-refractivity contribution is 0.116. The zero-order valence-corrected chi connectivity index (χ0v) is 29.3. The summed E-state index contributed by atoms with van der Waals surface area (Å²) in [6.07, 6.45) is 28.8. The van der Waals surface area contributed by atoms with Crippen molar-refractivity contribution < 1.29 is 10.2 Å². The van der Waals surface area contributed by atoms with Crippen LogP contribution in [0.4, 0.5) is 0 Å². The van der Waals surface area contributed by atoms with Crippen molar-refractivity contribution in [1.82, 2.24) is 0 Å². The second kappa shape index (κ2) is 17.2. The molecule has 0 saturated carbocycles. The highest BCUT2D eigenvalue weighted by Gasteiger charge is 2.34. The summed E-state index contributed by atoms with van der Waals surface area (Å²) in [5, 5.41) is 20.2. The minimum Gasteiger partial charge on any atom is -0.393 e. The van der Waals surface area contributed by atoms with Crippen LogP contribution in [0.3, 0.4) is 0 Å². The molecule has 0 amide bonds. The van der Waals surface area contributed by atoms with Crippen LogP contribution in [0.15, 0.2) is 59.3 Å². The third kappa shape index (κ3) is 12.7. The van der Waals surface area contributed by atoms with E-state index in [0.29, 0.717) is 23.7 Å². The zero-order valence-electron chi connectivity index (χ0n) is 29.3. The van der Waals surface area contributed by atoms with Crippen molar-refractivity contribution in [3.63, 3.8) is 0 Å². The molecule has 0 radical (unpaired) electrons. The summed E-state index contributed by atoms with van der Waals surface area (Å²) in [6.45, 7) is 22.9. The van der Waals surface area contributed by atoms with Crippen LogP contribution in [0.2, 0.25) is 0 Å². The normalized spacial score (nSPS) is 27.5. The Morgan fingerprint density at radius 1 is 0.810 bits per heavy atom. The first-order valence-electron chi connectivity index (χ1n) is 17.4. The van der Waals surface area contributed by atoms with Gasteiger partial charge in [-0.3, -0.25) is 0 Å². The van der Waals surface area contributed by atoms with Crippen LogP contribution in [-0.2, 0) is 0 Å². The van der Waals surface area contributed by atoms with Crippen LogP contribution in [0.5, 0.6) is 0 Å². The molecule has 2 nitrogen and oxygen atoms in total. The average Bonchev–Trinajstić information content (AvgIpc) is 2.84. The lowest BCUT2D eigenvalue weighted by Gasteiger charge is -2.38. The number of hydrogen-bond donors (Lipinski definition) is 2. The van der Waals surface area contributed by atoms with E-state index in [4.69, 9.17) is 0 Å². The fourth-order valence-electron chi connectivity index (χ4n) is 7.59. The molecule has 0 saturated heterocycles. The molecule has 0 aromatic carbocycles. The molecule has 0 bridgehead atoms. The van der Waals surface area contributed by atoms with Crippen molar-refractivity contribution in [3.05, 3.63) is 59.3 Å². The highest BCUT2D eigenvalue weighted by Crippen LogP contribution is 2.42. The first-order valence-corrected chi connectivity index (χ1v) is 17.4. The predicted octanol–water partition coefficient (Wildman–Crippen LogP) is 11.2. The summed E-state index contributed by atoms with van der Waals surface area (Å²) < 4.78 is 0. The van der Waals surface area contributed by atoms with Gasteiger partial charge in [-0.1, -0.05) is 141 Å². The molecule has 2 aliphatic rings. The molecular formula is C40H68O2. The Balaban J connectivity index is 1.60. The predicted molar refractivity (Wildman–Crippen MR) is 184 cm³/mol. The summed E-state index contributed by atoms with van der Waals surface area (Å²) in [5.74, 6) is 3.05. The molecule has 0 aromatic rings. The molecule has 2 N–H and O–H groups in total. The van der Waals surface area contributed by atoms with Crippen molar-refractivity contribution in [1.29, 1.82) is 0 Å². The van der Waals surface area contributed by atoms with E-state index < -0.39 is 0 Å². The first-order chi connectivity index (χ1) is 19.6. The van der Waals surface area contributed by atoms with Crippen LogP contribution in [0.25, 0.3) is 0 Å². The van der Waals surface area contributed by atoms with Crippen molar-refractivity contribution >= 4 is 0 Å². The SMILES string of the molecule is CC1=C[C@H](O)CC(C)(C)[C@H]1/C=C/C(C)C/C=C/C(C)CCCCC(C)CCCC(C)/C=C/C1=C(C)C[C@H](O)CC1(C)C. The Hall–Kier alpha value is -1.38. The quantitative estimate of drug-likeness (QED) is 0.141. The molecule has 0 aromatic heterocycles. The molecule has 2 rings (SSSR count). The fraction of sp³-hybridized carbons (Fsp3) is 0.750. The van der Waals surface area contributed by atoms with E-state index in [2.05, 4.69) is 106 Å². The van der Waals surface area contributed by atoms with E-state index >= 15 is 0 Å². The van der Waals surface area contributed by atoms with Gasteiger partial charge in [-0.25, -0.2) is 0 Å². The van der Waals surface area contributed by atoms with Crippen molar-refractivity contribution in [3.8, 4) is 0 Å². The Labute approximate surface area is 261 Å². The molecule has 42 heavy (non-hydrogen) atoms. The fourth-order valence-corrected chi connectivity index (χ4v) is 7.59. The summed E-state index contributed by atoms with van der Waals surface area (Å²) in [5.41, 5.74) is 4.29. The van der Waals surface area contributed by atoms with Gasteiger partial charge in [0.15, 0.2) is 0 Å². The van der Waals surface area contributed by atoms with E-state index in [0.717, 1.165) is 31.6 Å². The second-order valence-electron chi connectivity index (χ2n) is 15.9. The topological polar surface area (TPSA) is 40.5 Å². The van der Waals surface area contributed by atoms with Gasteiger partial charge in [0.25, 0.3) is 0 Å². The monoisotopic (exact) mass is 581 g/mol. The number of rotatable bonds is 16. The van der Waals surface area contributed by atoms with Crippen LogP contribution in [0.1, 0.15) is 140 Å². The van der Waals surface area contributed by atoms with E-state index in [1.807, 2.05) is 6.08 Å². The lowest BCUT2D eigenvalue weighted by Crippen LogP contribution is -2.32. The van der Waals surface area contributed by atoms with Gasteiger partial charge in [-0.2, -0.15) is 0 Å². The maximum atomic E-state index is 10.1. The van der Waals surface area contributed by atoms with Crippen LogP contribution < -0.4 is 0 Å². The number of aliphatic hydroxyl groups is 2. The average molecular weight is 581 g/mol.